The third-order valence-corrected chi connectivity index (χ3v) is 10.3. The predicted molar refractivity (Wildman–Crippen MR) is 182 cm³/mol. The van der Waals surface area contributed by atoms with Crippen LogP contribution in [-0.4, -0.2) is 54.6 Å². The first kappa shape index (κ1) is 31.4. The van der Waals surface area contributed by atoms with E-state index in [2.05, 4.69) is 78.8 Å². The summed E-state index contributed by atoms with van der Waals surface area (Å²) in [7, 11) is 0. The Labute approximate surface area is 272 Å². The molecule has 1 amide bonds. The number of nitriles is 2. The fourth-order valence-corrected chi connectivity index (χ4v) is 8.08. The minimum absolute atomic E-state index is 0.166. The van der Waals surface area contributed by atoms with Gasteiger partial charge in [0.15, 0.2) is 0 Å². The zero-order valence-corrected chi connectivity index (χ0v) is 27.2. The molecule has 6 rings (SSSR count). The number of aromatic nitrogens is 1. The third-order valence-electron chi connectivity index (χ3n) is 10.3. The number of hydrogen-bond donors (Lipinski definition) is 0. The summed E-state index contributed by atoms with van der Waals surface area (Å²) < 4.78 is 6.56. The molecule has 3 aliphatic rings. The molecule has 0 spiro atoms. The molecule has 3 atom stereocenters. The lowest BCUT2D eigenvalue weighted by atomic mass is 9.92. The monoisotopic (exact) mass is 616 g/mol. The number of fused-ring (bicyclic) bond motifs is 2. The Balaban J connectivity index is 1.39. The second-order valence-electron chi connectivity index (χ2n) is 13.0. The molecule has 0 bridgehead atoms. The Kier molecular flexibility index (Phi) is 9.45. The van der Waals surface area contributed by atoms with Gasteiger partial charge in [0.25, 0.3) is 0 Å². The minimum Gasteiger partial charge on any atom is -0.476 e. The van der Waals surface area contributed by atoms with Crippen LogP contribution in [0, 0.1) is 41.4 Å². The molecule has 2 aliphatic heterocycles. The van der Waals surface area contributed by atoms with Gasteiger partial charge in [-0.2, -0.15) is 10.5 Å². The van der Waals surface area contributed by atoms with Crippen molar-refractivity contribution in [1.29, 1.82) is 10.5 Å². The van der Waals surface area contributed by atoms with Crippen molar-refractivity contribution < 1.29 is 9.53 Å². The van der Waals surface area contributed by atoms with Gasteiger partial charge < -0.3 is 19.4 Å². The average molecular weight is 617 g/mol. The van der Waals surface area contributed by atoms with E-state index in [0.29, 0.717) is 56.1 Å². The van der Waals surface area contributed by atoms with Gasteiger partial charge in [0.2, 0.25) is 11.8 Å². The predicted octanol–water partition coefficient (Wildman–Crippen LogP) is 6.69. The fourth-order valence-electron chi connectivity index (χ4n) is 8.08. The number of ether oxygens (including phenoxy) is 1. The highest BCUT2D eigenvalue weighted by Gasteiger charge is 2.35. The number of amides is 1. The maximum absolute atomic E-state index is 12.7. The van der Waals surface area contributed by atoms with E-state index in [1.807, 2.05) is 0 Å². The topological polar surface area (TPSA) is 96.5 Å². The number of pyridine rings is 1. The maximum Gasteiger partial charge on any atom is 0.246 e. The summed E-state index contributed by atoms with van der Waals surface area (Å²) in [6.45, 7) is 11.5. The number of benzene rings is 2. The van der Waals surface area contributed by atoms with E-state index in [1.165, 1.54) is 53.8 Å². The molecule has 1 saturated heterocycles. The number of nitrogens with zero attached hydrogens (tertiary/aromatic N) is 6. The van der Waals surface area contributed by atoms with Crippen LogP contribution in [0.1, 0.15) is 67.8 Å². The fraction of sp³-hybridized carbons (Fsp3) is 0.474. The molecule has 46 heavy (non-hydrogen) atoms. The number of carbonyl (C=O) groups excluding carboxylic acids is 1. The molecular weight excluding hydrogens is 572 g/mol. The molecule has 3 aromatic rings. The van der Waals surface area contributed by atoms with Gasteiger partial charge in [-0.15, -0.1) is 0 Å². The number of aryl methyl sites for hydroxylation is 1. The summed E-state index contributed by atoms with van der Waals surface area (Å²) in [4.78, 5) is 24.1. The molecule has 8 heteroatoms. The van der Waals surface area contributed by atoms with Crippen LogP contribution in [0.25, 0.3) is 10.8 Å². The SMILES string of the molecule is C=CC(=O)N1CCN(c2c(C#N)c(OC[C@@H]3CCCC3CCC)nc3c2CCN(c2cccc4cccc(C)c24)C3)CC1CC#N. The van der Waals surface area contributed by atoms with Crippen molar-refractivity contribution in [3.8, 4) is 18.0 Å². The first-order chi connectivity index (χ1) is 22.5. The lowest BCUT2D eigenvalue weighted by Gasteiger charge is -2.43. The molecule has 1 aromatic heterocycles. The number of anilines is 2. The smallest absolute Gasteiger partial charge is 0.246 e. The van der Waals surface area contributed by atoms with Crippen molar-refractivity contribution in [2.75, 3.05) is 42.6 Å². The molecule has 0 radical (unpaired) electrons. The van der Waals surface area contributed by atoms with Gasteiger partial charge in [-0.05, 0) is 54.7 Å². The van der Waals surface area contributed by atoms with Crippen molar-refractivity contribution in [1.82, 2.24) is 9.88 Å². The number of rotatable bonds is 9. The van der Waals surface area contributed by atoms with Crippen molar-refractivity contribution in [2.45, 2.75) is 71.4 Å². The second kappa shape index (κ2) is 13.8. The lowest BCUT2D eigenvalue weighted by molar-refractivity contribution is -0.128. The van der Waals surface area contributed by atoms with Crippen LogP contribution in [0.15, 0.2) is 49.1 Å². The summed E-state index contributed by atoms with van der Waals surface area (Å²) >= 11 is 0. The van der Waals surface area contributed by atoms with Crippen LogP contribution in [0.4, 0.5) is 11.4 Å². The molecule has 3 heterocycles. The first-order valence-corrected chi connectivity index (χ1v) is 16.8. The van der Waals surface area contributed by atoms with Crippen molar-refractivity contribution in [3.05, 3.63) is 71.4 Å². The maximum atomic E-state index is 12.7. The van der Waals surface area contributed by atoms with Crippen LogP contribution >= 0.6 is 0 Å². The van der Waals surface area contributed by atoms with Crippen LogP contribution in [-0.2, 0) is 17.8 Å². The second-order valence-corrected chi connectivity index (χ2v) is 13.0. The van der Waals surface area contributed by atoms with Gasteiger partial charge in [-0.3, -0.25) is 4.79 Å². The van der Waals surface area contributed by atoms with E-state index in [9.17, 15) is 15.3 Å². The van der Waals surface area contributed by atoms with Crippen molar-refractivity contribution in [3.63, 3.8) is 0 Å². The van der Waals surface area contributed by atoms with Crippen molar-refractivity contribution in [2.24, 2.45) is 11.8 Å². The summed E-state index contributed by atoms with van der Waals surface area (Å²) in [5, 5.41) is 22.7. The molecule has 238 valence electrons. The molecule has 2 fully saturated rings. The lowest BCUT2D eigenvalue weighted by Crippen LogP contribution is -2.55. The summed E-state index contributed by atoms with van der Waals surface area (Å²) in [6.07, 6.45) is 8.24. The van der Waals surface area contributed by atoms with Gasteiger partial charge >= 0.3 is 0 Å². The number of piperazine rings is 1. The van der Waals surface area contributed by atoms with Gasteiger partial charge in [-0.1, -0.05) is 69.5 Å². The van der Waals surface area contributed by atoms with Gasteiger partial charge in [-0.25, -0.2) is 4.98 Å². The highest BCUT2D eigenvalue weighted by Crippen LogP contribution is 2.41. The molecule has 2 aromatic carbocycles. The normalized spacial score (nSPS) is 21.0. The van der Waals surface area contributed by atoms with E-state index in [1.54, 1.807) is 4.90 Å². The van der Waals surface area contributed by atoms with E-state index >= 15 is 0 Å². The standard InChI is InChI=1S/C38H44N6O2/c1-4-9-27-11-7-14-29(27)25-46-38-32(22-40)37(43-20-21-44(35(45)5-2)30(23-43)16-18-39)31-17-19-42(24-33(31)41-38)34-15-8-13-28-12-6-10-26(3)36(28)34/h5-6,8,10,12-13,15,27,29-30H,2,4,7,9,11,14,16-17,19-21,23-25H2,1,3H3/t27?,29-,30?/m0/s1. The minimum atomic E-state index is -0.295. The Morgan fingerprint density at radius 3 is 2.67 bits per heavy atom. The summed E-state index contributed by atoms with van der Waals surface area (Å²) in [6, 6.07) is 17.4. The highest BCUT2D eigenvalue weighted by atomic mass is 16.5. The molecule has 8 nitrogen and oxygen atoms in total. The molecule has 0 N–H and O–H groups in total. The zero-order chi connectivity index (χ0) is 32.2. The molecule has 2 unspecified atom stereocenters. The average Bonchev–Trinajstić information content (AvgIpc) is 3.53. The van der Waals surface area contributed by atoms with Gasteiger partial charge in [0.1, 0.15) is 11.6 Å². The highest BCUT2D eigenvalue weighted by molar-refractivity contribution is 5.97. The van der Waals surface area contributed by atoms with Crippen LogP contribution in [0.5, 0.6) is 5.88 Å². The largest absolute Gasteiger partial charge is 0.476 e. The summed E-state index contributed by atoms with van der Waals surface area (Å²) in [5.74, 6) is 1.37. The Morgan fingerprint density at radius 1 is 1.11 bits per heavy atom. The van der Waals surface area contributed by atoms with E-state index in [-0.39, 0.29) is 18.4 Å². The Hall–Kier alpha value is -4.56. The third kappa shape index (κ3) is 6.01. The van der Waals surface area contributed by atoms with Gasteiger partial charge in [0.05, 0.1) is 43.1 Å². The molecular formula is C38H44N6O2. The Morgan fingerprint density at radius 2 is 1.91 bits per heavy atom. The van der Waals surface area contributed by atoms with Crippen LogP contribution in [0.2, 0.25) is 0 Å². The van der Waals surface area contributed by atoms with E-state index in [0.717, 1.165) is 36.3 Å². The zero-order valence-electron chi connectivity index (χ0n) is 27.2. The van der Waals surface area contributed by atoms with Crippen LogP contribution in [0.3, 0.4) is 0 Å². The molecule has 1 aliphatic carbocycles. The van der Waals surface area contributed by atoms with Crippen LogP contribution < -0.4 is 14.5 Å². The Bertz CT molecular complexity index is 1700. The van der Waals surface area contributed by atoms with Gasteiger partial charge in [0, 0.05) is 42.8 Å². The molecule has 1 saturated carbocycles. The number of hydrogen-bond acceptors (Lipinski definition) is 7. The first-order valence-electron chi connectivity index (χ1n) is 16.8. The quantitative estimate of drug-likeness (QED) is 0.247. The number of carbonyl (C=O) groups is 1. The van der Waals surface area contributed by atoms with E-state index in [4.69, 9.17) is 9.72 Å². The van der Waals surface area contributed by atoms with E-state index < -0.39 is 0 Å². The summed E-state index contributed by atoms with van der Waals surface area (Å²) in [5.41, 5.74) is 5.76. The van der Waals surface area contributed by atoms with Crippen molar-refractivity contribution >= 4 is 28.1 Å².